The van der Waals surface area contributed by atoms with E-state index in [1.54, 1.807) is 16.8 Å². The summed E-state index contributed by atoms with van der Waals surface area (Å²) >= 11 is 5.88. The van der Waals surface area contributed by atoms with Crippen LogP contribution in [0.4, 0.5) is 10.5 Å². The van der Waals surface area contributed by atoms with Gasteiger partial charge in [0.2, 0.25) is 0 Å². The summed E-state index contributed by atoms with van der Waals surface area (Å²) < 4.78 is 6.40. The first kappa shape index (κ1) is 20.4. The standard InChI is InChI=1S/C22H16ClN3O5/c1-31-19(27)12-25-11-13(16-4-2-3-5-18(16)25)10-17-20(28)24-22(30)26(21(17)29)15-8-6-14(23)7-9-15/h2-11H,12H2,1H3,(H,24,28,30). The van der Waals surface area contributed by atoms with Crippen LogP contribution in [-0.2, 0) is 25.7 Å². The van der Waals surface area contributed by atoms with Crippen LogP contribution in [0.2, 0.25) is 5.02 Å². The molecule has 1 N–H and O–H groups in total. The van der Waals surface area contributed by atoms with Crippen molar-refractivity contribution in [1.29, 1.82) is 0 Å². The molecule has 0 aliphatic carbocycles. The molecule has 9 heteroatoms. The Hall–Kier alpha value is -3.91. The Kier molecular flexibility index (Phi) is 5.31. The molecule has 1 fully saturated rings. The van der Waals surface area contributed by atoms with Gasteiger partial charge in [0, 0.05) is 27.7 Å². The Balaban J connectivity index is 1.78. The number of barbiturate groups is 1. The van der Waals surface area contributed by atoms with E-state index in [1.165, 1.54) is 37.5 Å². The van der Waals surface area contributed by atoms with E-state index in [2.05, 4.69) is 5.32 Å². The molecule has 8 nitrogen and oxygen atoms in total. The van der Waals surface area contributed by atoms with Crippen molar-refractivity contribution in [3.8, 4) is 0 Å². The van der Waals surface area contributed by atoms with Gasteiger partial charge in [0.1, 0.15) is 12.1 Å². The lowest BCUT2D eigenvalue weighted by atomic mass is 10.1. The predicted octanol–water partition coefficient (Wildman–Crippen LogP) is 3.13. The molecule has 0 saturated carbocycles. The van der Waals surface area contributed by atoms with Gasteiger partial charge in [-0.3, -0.25) is 19.7 Å². The number of para-hydroxylation sites is 1. The summed E-state index contributed by atoms with van der Waals surface area (Å²) in [7, 11) is 1.30. The molecule has 2 aromatic carbocycles. The third kappa shape index (κ3) is 3.80. The minimum atomic E-state index is -0.845. The van der Waals surface area contributed by atoms with Crippen LogP contribution in [-0.4, -0.2) is 35.5 Å². The number of anilines is 1. The number of carbonyl (C=O) groups excluding carboxylic acids is 4. The molecule has 0 bridgehead atoms. The monoisotopic (exact) mass is 437 g/mol. The van der Waals surface area contributed by atoms with Crippen molar-refractivity contribution >= 4 is 58.1 Å². The molecule has 156 valence electrons. The van der Waals surface area contributed by atoms with Gasteiger partial charge in [0.25, 0.3) is 11.8 Å². The third-order valence-corrected chi connectivity index (χ3v) is 5.08. The van der Waals surface area contributed by atoms with Crippen LogP contribution >= 0.6 is 11.6 Å². The lowest BCUT2D eigenvalue weighted by Crippen LogP contribution is -2.54. The Bertz CT molecular complexity index is 1260. The van der Waals surface area contributed by atoms with Gasteiger partial charge in [0.05, 0.1) is 12.8 Å². The predicted molar refractivity (Wildman–Crippen MR) is 114 cm³/mol. The van der Waals surface area contributed by atoms with Gasteiger partial charge >= 0.3 is 12.0 Å². The highest BCUT2D eigenvalue weighted by atomic mass is 35.5. The van der Waals surface area contributed by atoms with E-state index >= 15 is 0 Å². The van der Waals surface area contributed by atoms with E-state index in [-0.39, 0.29) is 17.8 Å². The fraction of sp³-hybridized carbons (Fsp3) is 0.0909. The summed E-state index contributed by atoms with van der Waals surface area (Å²) in [6.07, 6.45) is 3.06. The maximum atomic E-state index is 13.1. The molecule has 4 rings (SSSR count). The van der Waals surface area contributed by atoms with Gasteiger partial charge in [-0.2, -0.15) is 0 Å². The Labute approximate surface area is 181 Å². The van der Waals surface area contributed by atoms with Crippen molar-refractivity contribution in [2.24, 2.45) is 0 Å². The number of ether oxygens (including phenoxy) is 1. The van der Waals surface area contributed by atoms with Crippen LogP contribution in [0.25, 0.3) is 17.0 Å². The summed E-state index contributed by atoms with van der Waals surface area (Å²) in [6, 6.07) is 12.5. The number of hydrogen-bond donors (Lipinski definition) is 1. The van der Waals surface area contributed by atoms with E-state index in [4.69, 9.17) is 16.3 Å². The number of benzene rings is 2. The zero-order valence-corrected chi connectivity index (χ0v) is 17.1. The molecule has 1 aliphatic heterocycles. The number of rotatable bonds is 4. The average molecular weight is 438 g/mol. The van der Waals surface area contributed by atoms with Gasteiger partial charge < -0.3 is 9.30 Å². The number of nitrogens with zero attached hydrogens (tertiary/aromatic N) is 2. The minimum Gasteiger partial charge on any atom is -0.468 e. The van der Waals surface area contributed by atoms with Gasteiger partial charge in [0.15, 0.2) is 0 Å². The van der Waals surface area contributed by atoms with E-state index in [9.17, 15) is 19.2 Å². The second-order valence-electron chi connectivity index (χ2n) is 6.74. The maximum absolute atomic E-state index is 13.1. The number of carbonyl (C=O) groups is 4. The van der Waals surface area contributed by atoms with Crippen LogP contribution < -0.4 is 10.2 Å². The van der Waals surface area contributed by atoms with Crippen molar-refractivity contribution < 1.29 is 23.9 Å². The summed E-state index contributed by atoms with van der Waals surface area (Å²) in [5, 5.41) is 3.36. The van der Waals surface area contributed by atoms with E-state index in [0.29, 0.717) is 10.6 Å². The Morgan fingerprint density at radius 1 is 1.10 bits per heavy atom. The Morgan fingerprint density at radius 3 is 2.52 bits per heavy atom. The molecule has 0 atom stereocenters. The van der Waals surface area contributed by atoms with Gasteiger partial charge in [-0.25, -0.2) is 9.69 Å². The molecule has 1 aromatic heterocycles. The van der Waals surface area contributed by atoms with Gasteiger partial charge in [-0.1, -0.05) is 29.8 Å². The van der Waals surface area contributed by atoms with E-state index in [1.807, 2.05) is 18.2 Å². The molecule has 0 radical (unpaired) electrons. The molecular formula is C22H16ClN3O5. The quantitative estimate of drug-likeness (QED) is 0.384. The van der Waals surface area contributed by atoms with Crippen LogP contribution in [0.3, 0.4) is 0 Å². The van der Waals surface area contributed by atoms with E-state index in [0.717, 1.165) is 15.8 Å². The third-order valence-electron chi connectivity index (χ3n) is 4.83. The van der Waals surface area contributed by atoms with Crippen molar-refractivity contribution in [2.75, 3.05) is 12.0 Å². The summed E-state index contributed by atoms with van der Waals surface area (Å²) in [5.74, 6) is -2.00. The highest BCUT2D eigenvalue weighted by molar-refractivity contribution is 6.39. The van der Waals surface area contributed by atoms with Crippen molar-refractivity contribution in [1.82, 2.24) is 9.88 Å². The second kappa shape index (κ2) is 8.08. The first-order valence-electron chi connectivity index (χ1n) is 9.21. The molecule has 2 heterocycles. The number of halogens is 1. The minimum absolute atomic E-state index is 0.0320. The van der Waals surface area contributed by atoms with Gasteiger partial charge in [-0.15, -0.1) is 0 Å². The van der Waals surface area contributed by atoms with Crippen molar-refractivity contribution in [2.45, 2.75) is 6.54 Å². The molecule has 3 aromatic rings. The first-order valence-corrected chi connectivity index (χ1v) is 9.58. The van der Waals surface area contributed by atoms with Crippen LogP contribution in [0.1, 0.15) is 5.56 Å². The number of fused-ring (bicyclic) bond motifs is 1. The first-order chi connectivity index (χ1) is 14.9. The number of hydrogen-bond acceptors (Lipinski definition) is 5. The number of methoxy groups -OCH3 is 1. The van der Waals surface area contributed by atoms with E-state index < -0.39 is 23.8 Å². The van der Waals surface area contributed by atoms with Gasteiger partial charge in [-0.05, 0) is 36.4 Å². The molecule has 0 spiro atoms. The maximum Gasteiger partial charge on any atom is 0.335 e. The number of aromatic nitrogens is 1. The summed E-state index contributed by atoms with van der Waals surface area (Å²) in [6.45, 7) is -0.0320. The largest absolute Gasteiger partial charge is 0.468 e. The number of urea groups is 1. The number of amides is 4. The van der Waals surface area contributed by atoms with Crippen LogP contribution in [0.15, 0.2) is 60.3 Å². The molecule has 0 unspecified atom stereocenters. The molecule has 4 amide bonds. The zero-order chi connectivity index (χ0) is 22.1. The highest BCUT2D eigenvalue weighted by Gasteiger charge is 2.37. The molecule has 31 heavy (non-hydrogen) atoms. The zero-order valence-electron chi connectivity index (χ0n) is 16.3. The van der Waals surface area contributed by atoms with Crippen LogP contribution in [0, 0.1) is 0 Å². The highest BCUT2D eigenvalue weighted by Crippen LogP contribution is 2.27. The lowest BCUT2D eigenvalue weighted by Gasteiger charge is -2.26. The van der Waals surface area contributed by atoms with Crippen molar-refractivity contribution in [3.05, 3.63) is 70.9 Å². The Morgan fingerprint density at radius 2 is 1.81 bits per heavy atom. The fourth-order valence-corrected chi connectivity index (χ4v) is 3.49. The number of nitrogens with one attached hydrogen (secondary N) is 1. The fourth-order valence-electron chi connectivity index (χ4n) is 3.36. The lowest BCUT2D eigenvalue weighted by molar-refractivity contribution is -0.141. The topological polar surface area (TPSA) is 97.7 Å². The van der Waals surface area contributed by atoms with Crippen LogP contribution in [0.5, 0.6) is 0 Å². The molecule has 1 saturated heterocycles. The normalized spacial score (nSPS) is 15.5. The average Bonchev–Trinajstić information content (AvgIpc) is 3.09. The number of imide groups is 2. The smallest absolute Gasteiger partial charge is 0.335 e. The summed E-state index contributed by atoms with van der Waals surface area (Å²) in [4.78, 5) is 50.5. The summed E-state index contributed by atoms with van der Waals surface area (Å²) in [5.41, 5.74) is 1.34. The molecule has 1 aliphatic rings. The molecular weight excluding hydrogens is 422 g/mol. The van der Waals surface area contributed by atoms with Crippen molar-refractivity contribution in [3.63, 3.8) is 0 Å². The second-order valence-corrected chi connectivity index (χ2v) is 7.18. The number of esters is 1. The SMILES string of the molecule is COC(=O)Cn1cc(C=C2C(=O)NC(=O)N(c3ccc(Cl)cc3)C2=O)c2ccccc21.